The summed E-state index contributed by atoms with van der Waals surface area (Å²) in [5.41, 5.74) is 0.688. The molecular formula is C19H23N3O4. The van der Waals surface area contributed by atoms with Crippen LogP contribution in [-0.4, -0.2) is 36.6 Å². The smallest absolute Gasteiger partial charge is 0.257 e. The number of carbonyl (C=O) groups excluding carboxylic acids is 2. The Bertz CT molecular complexity index is 813. The zero-order valence-electron chi connectivity index (χ0n) is 15.5. The molecule has 2 amide bonds. The van der Waals surface area contributed by atoms with E-state index < -0.39 is 5.91 Å². The van der Waals surface area contributed by atoms with Crippen molar-refractivity contribution in [2.45, 2.75) is 26.3 Å². The highest BCUT2D eigenvalue weighted by atomic mass is 16.5. The Hall–Kier alpha value is -3.09. The minimum atomic E-state index is -0.397. The Morgan fingerprint density at radius 2 is 1.62 bits per heavy atom. The lowest BCUT2D eigenvalue weighted by atomic mass is 10.1. The quantitative estimate of drug-likeness (QED) is 0.859. The Balaban J connectivity index is 2.20. The van der Waals surface area contributed by atoms with Gasteiger partial charge in [0.25, 0.3) is 11.8 Å². The van der Waals surface area contributed by atoms with Gasteiger partial charge in [0.1, 0.15) is 11.5 Å². The number of nitrogens with zero attached hydrogens (tertiary/aromatic N) is 1. The van der Waals surface area contributed by atoms with Gasteiger partial charge in [-0.3, -0.25) is 14.6 Å². The molecule has 7 heteroatoms. The normalized spacial score (nSPS) is 10.8. The molecule has 0 saturated carbocycles. The topological polar surface area (TPSA) is 89.5 Å². The highest BCUT2D eigenvalue weighted by molar-refractivity contribution is 6.06. The van der Waals surface area contributed by atoms with Gasteiger partial charge in [-0.2, -0.15) is 0 Å². The fourth-order valence-electron chi connectivity index (χ4n) is 2.20. The van der Waals surface area contributed by atoms with Gasteiger partial charge in [-0.15, -0.1) is 0 Å². The van der Waals surface area contributed by atoms with Gasteiger partial charge in [0.15, 0.2) is 0 Å². The Morgan fingerprint density at radius 3 is 2.19 bits per heavy atom. The maximum atomic E-state index is 12.5. The number of aromatic nitrogens is 1. The fourth-order valence-corrected chi connectivity index (χ4v) is 2.20. The Labute approximate surface area is 152 Å². The third-order valence-electron chi connectivity index (χ3n) is 3.41. The first kappa shape index (κ1) is 19.2. The SMILES string of the molecule is COc1ccc(NC(=O)c2cncc(C(=O)NC(C)(C)C)c2)c(OC)c1. The highest BCUT2D eigenvalue weighted by Crippen LogP contribution is 2.29. The molecule has 1 aromatic heterocycles. The van der Waals surface area contributed by atoms with Crippen LogP contribution in [0.4, 0.5) is 5.69 Å². The van der Waals surface area contributed by atoms with Gasteiger partial charge < -0.3 is 20.1 Å². The van der Waals surface area contributed by atoms with Crippen molar-refractivity contribution >= 4 is 17.5 Å². The summed E-state index contributed by atoms with van der Waals surface area (Å²) in [7, 11) is 3.05. The van der Waals surface area contributed by atoms with E-state index in [1.165, 1.54) is 25.6 Å². The molecule has 138 valence electrons. The average molecular weight is 357 g/mol. The maximum absolute atomic E-state index is 12.5. The van der Waals surface area contributed by atoms with E-state index in [9.17, 15) is 9.59 Å². The number of methoxy groups -OCH3 is 2. The fraction of sp³-hybridized carbons (Fsp3) is 0.316. The molecule has 0 unspecified atom stereocenters. The Morgan fingerprint density at radius 1 is 0.962 bits per heavy atom. The summed E-state index contributed by atoms with van der Waals surface area (Å²) in [5, 5.41) is 5.59. The van der Waals surface area contributed by atoms with Crippen molar-refractivity contribution in [1.82, 2.24) is 10.3 Å². The first-order valence-corrected chi connectivity index (χ1v) is 8.04. The minimum absolute atomic E-state index is 0.268. The predicted octanol–water partition coefficient (Wildman–Crippen LogP) is 2.88. The summed E-state index contributed by atoms with van der Waals surface area (Å²) in [5.74, 6) is 0.391. The summed E-state index contributed by atoms with van der Waals surface area (Å²) >= 11 is 0. The van der Waals surface area contributed by atoms with E-state index >= 15 is 0 Å². The third-order valence-corrected chi connectivity index (χ3v) is 3.41. The van der Waals surface area contributed by atoms with Crippen molar-refractivity contribution in [3.05, 3.63) is 47.8 Å². The van der Waals surface area contributed by atoms with E-state index in [0.717, 1.165) is 0 Å². The van der Waals surface area contributed by atoms with Gasteiger partial charge in [-0.1, -0.05) is 0 Å². The van der Waals surface area contributed by atoms with Crippen LogP contribution in [0.3, 0.4) is 0 Å². The molecule has 1 heterocycles. The molecule has 0 aliphatic carbocycles. The molecule has 26 heavy (non-hydrogen) atoms. The lowest BCUT2D eigenvalue weighted by Gasteiger charge is -2.20. The predicted molar refractivity (Wildman–Crippen MR) is 99.0 cm³/mol. The van der Waals surface area contributed by atoms with Crippen LogP contribution in [0.2, 0.25) is 0 Å². The van der Waals surface area contributed by atoms with Crippen molar-refractivity contribution in [1.29, 1.82) is 0 Å². The molecule has 0 spiro atoms. The van der Waals surface area contributed by atoms with Crippen molar-refractivity contribution in [2.75, 3.05) is 19.5 Å². The van der Waals surface area contributed by atoms with Gasteiger partial charge >= 0.3 is 0 Å². The largest absolute Gasteiger partial charge is 0.497 e. The monoisotopic (exact) mass is 357 g/mol. The molecule has 0 saturated heterocycles. The van der Waals surface area contributed by atoms with Crippen molar-refractivity contribution in [2.24, 2.45) is 0 Å². The van der Waals surface area contributed by atoms with Gasteiger partial charge in [-0.05, 0) is 39.0 Å². The van der Waals surface area contributed by atoms with E-state index in [1.54, 1.807) is 25.3 Å². The molecule has 0 radical (unpaired) electrons. The first-order valence-electron chi connectivity index (χ1n) is 8.04. The Kier molecular flexibility index (Phi) is 5.82. The summed E-state index contributed by atoms with van der Waals surface area (Å²) in [6, 6.07) is 6.56. The van der Waals surface area contributed by atoms with Gasteiger partial charge in [-0.25, -0.2) is 0 Å². The van der Waals surface area contributed by atoms with Crippen LogP contribution in [0, 0.1) is 0 Å². The molecule has 2 aromatic rings. The van der Waals surface area contributed by atoms with Gasteiger partial charge in [0.05, 0.1) is 31.0 Å². The molecule has 0 aliphatic rings. The molecule has 0 fully saturated rings. The van der Waals surface area contributed by atoms with Crippen LogP contribution in [0.5, 0.6) is 11.5 Å². The molecule has 2 rings (SSSR count). The van der Waals surface area contributed by atoms with E-state index in [-0.39, 0.29) is 17.0 Å². The van der Waals surface area contributed by atoms with Gasteiger partial charge in [0, 0.05) is 24.0 Å². The number of pyridine rings is 1. The average Bonchev–Trinajstić information content (AvgIpc) is 2.60. The molecule has 0 bridgehead atoms. The standard InChI is InChI=1S/C19H23N3O4/c1-19(2,3)22-18(24)13-8-12(10-20-11-13)17(23)21-15-7-6-14(25-4)9-16(15)26-5/h6-11H,1-5H3,(H,21,23)(H,22,24). The van der Waals surface area contributed by atoms with E-state index in [2.05, 4.69) is 15.6 Å². The van der Waals surface area contributed by atoms with Gasteiger partial charge in [0.2, 0.25) is 0 Å². The number of hydrogen-bond acceptors (Lipinski definition) is 5. The van der Waals surface area contributed by atoms with E-state index in [4.69, 9.17) is 9.47 Å². The molecule has 1 aromatic carbocycles. The van der Waals surface area contributed by atoms with Crippen molar-refractivity contribution < 1.29 is 19.1 Å². The van der Waals surface area contributed by atoms with Crippen LogP contribution in [0.1, 0.15) is 41.5 Å². The van der Waals surface area contributed by atoms with Crippen LogP contribution in [0.15, 0.2) is 36.7 Å². The number of benzene rings is 1. The number of nitrogens with one attached hydrogen (secondary N) is 2. The molecule has 0 atom stereocenters. The summed E-state index contributed by atoms with van der Waals surface area (Å²) < 4.78 is 10.4. The highest BCUT2D eigenvalue weighted by Gasteiger charge is 2.17. The maximum Gasteiger partial charge on any atom is 0.257 e. The molecular weight excluding hydrogens is 334 g/mol. The van der Waals surface area contributed by atoms with E-state index in [1.807, 2.05) is 20.8 Å². The summed E-state index contributed by atoms with van der Waals surface area (Å²) in [6.45, 7) is 5.64. The molecule has 7 nitrogen and oxygen atoms in total. The number of ether oxygens (including phenoxy) is 2. The number of anilines is 1. The number of hydrogen-bond donors (Lipinski definition) is 2. The first-order chi connectivity index (χ1) is 12.2. The number of amides is 2. The van der Waals surface area contributed by atoms with Crippen molar-refractivity contribution in [3.8, 4) is 11.5 Å². The molecule has 2 N–H and O–H groups in total. The number of rotatable bonds is 5. The zero-order chi connectivity index (χ0) is 19.3. The van der Waals surface area contributed by atoms with Crippen molar-refractivity contribution in [3.63, 3.8) is 0 Å². The lowest BCUT2D eigenvalue weighted by Crippen LogP contribution is -2.40. The van der Waals surface area contributed by atoms with Crippen LogP contribution in [0.25, 0.3) is 0 Å². The third kappa shape index (κ3) is 4.95. The van der Waals surface area contributed by atoms with Crippen LogP contribution >= 0.6 is 0 Å². The second-order valence-corrected chi connectivity index (χ2v) is 6.69. The summed E-state index contributed by atoms with van der Waals surface area (Å²) in [6.07, 6.45) is 2.82. The minimum Gasteiger partial charge on any atom is -0.497 e. The van der Waals surface area contributed by atoms with Crippen LogP contribution in [-0.2, 0) is 0 Å². The van der Waals surface area contributed by atoms with E-state index in [0.29, 0.717) is 22.7 Å². The molecule has 0 aliphatic heterocycles. The van der Waals surface area contributed by atoms with Crippen LogP contribution < -0.4 is 20.1 Å². The second-order valence-electron chi connectivity index (χ2n) is 6.69. The summed E-state index contributed by atoms with van der Waals surface area (Å²) in [4.78, 5) is 28.8. The second kappa shape index (κ2) is 7.86. The lowest BCUT2D eigenvalue weighted by molar-refractivity contribution is 0.0919. The number of carbonyl (C=O) groups is 2. The zero-order valence-corrected chi connectivity index (χ0v) is 15.5.